The molecule has 0 aliphatic rings. The minimum atomic E-state index is -0.887. The lowest BCUT2D eigenvalue weighted by atomic mass is 10.0. The maximum atomic E-state index is 11.7. The zero-order valence-corrected chi connectivity index (χ0v) is 16.6. The fraction of sp³-hybridized carbons (Fsp3) is 0.273. The highest BCUT2D eigenvalue weighted by Crippen LogP contribution is 2.14. The Kier molecular flexibility index (Phi) is 7.63. The highest BCUT2D eigenvalue weighted by atomic mass is 16.2. The summed E-state index contributed by atoms with van der Waals surface area (Å²) < 4.78 is 0. The number of carbonyl (C=O) groups is 2. The Hall–Kier alpha value is -3.28. The van der Waals surface area contributed by atoms with Crippen LogP contribution >= 0.6 is 0 Å². The van der Waals surface area contributed by atoms with Gasteiger partial charge in [-0.2, -0.15) is 10.2 Å². The molecule has 2 rings (SSSR count). The molecule has 2 aromatic carbocycles. The van der Waals surface area contributed by atoms with E-state index in [-0.39, 0.29) is 0 Å². The predicted octanol–water partition coefficient (Wildman–Crippen LogP) is 3.53. The average Bonchev–Trinajstić information content (AvgIpc) is 2.68. The largest absolute Gasteiger partial charge is 0.331 e. The van der Waals surface area contributed by atoms with Crippen molar-refractivity contribution in [3.05, 3.63) is 70.8 Å². The van der Waals surface area contributed by atoms with Crippen molar-refractivity contribution in [2.24, 2.45) is 10.2 Å². The van der Waals surface area contributed by atoms with Crippen LogP contribution in [-0.2, 0) is 9.59 Å². The lowest BCUT2D eigenvalue weighted by molar-refractivity contribution is -0.139. The lowest BCUT2D eigenvalue weighted by Gasteiger charge is -2.04. The van der Waals surface area contributed by atoms with E-state index in [0.29, 0.717) is 11.8 Å². The summed E-state index contributed by atoms with van der Waals surface area (Å²) in [5.41, 5.74) is 8.46. The Morgan fingerprint density at radius 3 is 1.29 bits per heavy atom. The van der Waals surface area contributed by atoms with Crippen LogP contribution in [0.15, 0.2) is 58.7 Å². The molecule has 146 valence electrons. The van der Waals surface area contributed by atoms with Crippen LogP contribution < -0.4 is 10.9 Å². The minimum Gasteiger partial charge on any atom is -0.262 e. The Bertz CT molecular complexity index is 778. The second-order valence-corrected chi connectivity index (χ2v) is 7.04. The molecule has 0 fully saturated rings. The zero-order chi connectivity index (χ0) is 20.5. The van der Waals surface area contributed by atoms with Gasteiger partial charge >= 0.3 is 11.8 Å². The second kappa shape index (κ2) is 10.2. The third kappa shape index (κ3) is 6.46. The minimum absolute atomic E-state index is 0.447. The first-order valence-electron chi connectivity index (χ1n) is 9.23. The highest BCUT2D eigenvalue weighted by Gasteiger charge is 2.11. The number of benzene rings is 2. The lowest BCUT2D eigenvalue weighted by Crippen LogP contribution is -2.35. The van der Waals surface area contributed by atoms with E-state index >= 15 is 0 Å². The number of hydrazone groups is 2. The Balaban J connectivity index is 1.81. The van der Waals surface area contributed by atoms with E-state index in [0.717, 1.165) is 11.1 Å². The number of rotatable bonds is 6. The van der Waals surface area contributed by atoms with Crippen molar-refractivity contribution in [1.29, 1.82) is 0 Å². The molecule has 2 N–H and O–H groups in total. The Labute approximate surface area is 165 Å². The van der Waals surface area contributed by atoms with E-state index in [9.17, 15) is 9.59 Å². The van der Waals surface area contributed by atoms with Crippen LogP contribution in [0.1, 0.15) is 61.8 Å². The van der Waals surface area contributed by atoms with Crippen LogP contribution in [0.5, 0.6) is 0 Å². The van der Waals surface area contributed by atoms with E-state index < -0.39 is 11.8 Å². The van der Waals surface area contributed by atoms with Crippen molar-refractivity contribution in [2.75, 3.05) is 0 Å². The number of amides is 2. The van der Waals surface area contributed by atoms with E-state index in [1.165, 1.54) is 23.6 Å². The van der Waals surface area contributed by atoms with Crippen molar-refractivity contribution < 1.29 is 9.59 Å². The van der Waals surface area contributed by atoms with Crippen molar-refractivity contribution >= 4 is 24.2 Å². The number of hydrogen-bond donors (Lipinski definition) is 2. The van der Waals surface area contributed by atoms with E-state index in [2.05, 4.69) is 48.7 Å². The second-order valence-electron chi connectivity index (χ2n) is 7.04. The molecule has 0 saturated carbocycles. The molecule has 28 heavy (non-hydrogen) atoms. The number of nitrogens with zero attached hydrogens (tertiary/aromatic N) is 2. The number of hydrogen-bond acceptors (Lipinski definition) is 4. The molecule has 6 heteroatoms. The van der Waals surface area contributed by atoms with Crippen LogP contribution in [0.4, 0.5) is 0 Å². The fourth-order valence-corrected chi connectivity index (χ4v) is 2.37. The number of carbonyl (C=O) groups excluding carboxylic acids is 2. The molecule has 0 aliphatic carbocycles. The van der Waals surface area contributed by atoms with Gasteiger partial charge in [-0.25, -0.2) is 10.9 Å². The van der Waals surface area contributed by atoms with Gasteiger partial charge < -0.3 is 0 Å². The molecule has 6 nitrogen and oxygen atoms in total. The summed E-state index contributed by atoms with van der Waals surface area (Å²) in [4.78, 5) is 23.5. The molecule has 0 bridgehead atoms. The molecule has 2 amide bonds. The van der Waals surface area contributed by atoms with E-state index in [4.69, 9.17) is 0 Å². The van der Waals surface area contributed by atoms with Gasteiger partial charge in [-0.05, 0) is 34.1 Å². The summed E-state index contributed by atoms with van der Waals surface area (Å²) in [6.07, 6.45) is 2.96. The van der Waals surface area contributed by atoms with E-state index in [1.54, 1.807) is 0 Å². The van der Waals surface area contributed by atoms with Crippen molar-refractivity contribution in [1.82, 2.24) is 10.9 Å². The molecule has 0 atom stereocenters. The molecule has 0 aromatic heterocycles. The molecular formula is C22H26N4O2. The normalized spacial score (nSPS) is 11.5. The predicted molar refractivity (Wildman–Crippen MR) is 113 cm³/mol. The van der Waals surface area contributed by atoms with Crippen molar-refractivity contribution in [3.63, 3.8) is 0 Å². The topological polar surface area (TPSA) is 82.9 Å². The van der Waals surface area contributed by atoms with Gasteiger partial charge in [0.1, 0.15) is 0 Å². The van der Waals surface area contributed by atoms with Gasteiger partial charge in [0.25, 0.3) is 0 Å². The Morgan fingerprint density at radius 1 is 0.679 bits per heavy atom. The average molecular weight is 378 g/mol. The van der Waals surface area contributed by atoms with Crippen LogP contribution in [0.25, 0.3) is 0 Å². The van der Waals surface area contributed by atoms with E-state index in [1.807, 2.05) is 48.5 Å². The highest BCUT2D eigenvalue weighted by molar-refractivity contribution is 6.35. The van der Waals surface area contributed by atoms with Gasteiger partial charge in [0.2, 0.25) is 0 Å². The summed E-state index contributed by atoms with van der Waals surface area (Å²) in [6.45, 7) is 8.46. The molecule has 0 heterocycles. The fourth-order valence-electron chi connectivity index (χ4n) is 2.37. The Morgan fingerprint density at radius 2 is 1.00 bits per heavy atom. The maximum absolute atomic E-state index is 11.7. The number of nitrogens with one attached hydrogen (secondary N) is 2. The molecule has 0 spiro atoms. The van der Waals surface area contributed by atoms with Gasteiger partial charge in [0, 0.05) is 0 Å². The van der Waals surface area contributed by atoms with Crippen molar-refractivity contribution in [3.8, 4) is 0 Å². The summed E-state index contributed by atoms with van der Waals surface area (Å²) >= 11 is 0. The first-order chi connectivity index (χ1) is 13.4. The van der Waals surface area contributed by atoms with Gasteiger partial charge in [-0.3, -0.25) is 9.59 Å². The SMILES string of the molecule is CC(C)c1ccc(C=NNC(=O)C(=O)NN=Cc2ccc(C(C)C)cc2)cc1. The van der Waals surface area contributed by atoms with Gasteiger partial charge in [-0.1, -0.05) is 76.2 Å². The van der Waals surface area contributed by atoms with Crippen LogP contribution in [0.2, 0.25) is 0 Å². The molecule has 0 unspecified atom stereocenters. The molecule has 0 aliphatic heterocycles. The summed E-state index contributed by atoms with van der Waals surface area (Å²) in [5, 5.41) is 7.58. The van der Waals surface area contributed by atoms with Crippen LogP contribution in [-0.4, -0.2) is 24.2 Å². The summed E-state index contributed by atoms with van der Waals surface area (Å²) in [6, 6.07) is 15.6. The smallest absolute Gasteiger partial charge is 0.262 e. The zero-order valence-electron chi connectivity index (χ0n) is 16.6. The first-order valence-corrected chi connectivity index (χ1v) is 9.23. The third-order valence-electron chi connectivity index (χ3n) is 4.17. The standard InChI is InChI=1S/C22H26N4O2/c1-15(2)19-9-5-17(6-10-19)13-23-25-21(27)22(28)26-24-14-18-7-11-20(12-8-18)16(3)4/h5-16H,1-4H3,(H,25,27)(H,26,28). The molecular weight excluding hydrogens is 352 g/mol. The maximum Gasteiger partial charge on any atom is 0.331 e. The molecule has 2 aromatic rings. The molecule has 0 radical (unpaired) electrons. The monoisotopic (exact) mass is 378 g/mol. The van der Waals surface area contributed by atoms with Crippen LogP contribution in [0.3, 0.4) is 0 Å². The van der Waals surface area contributed by atoms with Gasteiger partial charge in [-0.15, -0.1) is 0 Å². The summed E-state index contributed by atoms with van der Waals surface area (Å²) in [7, 11) is 0. The van der Waals surface area contributed by atoms with Crippen molar-refractivity contribution in [2.45, 2.75) is 39.5 Å². The quantitative estimate of drug-likeness (QED) is 0.458. The van der Waals surface area contributed by atoms with Crippen LogP contribution in [0, 0.1) is 0 Å². The van der Waals surface area contributed by atoms with Gasteiger partial charge in [0.15, 0.2) is 0 Å². The molecule has 0 saturated heterocycles. The first kappa shape index (κ1) is 21.0. The summed E-state index contributed by atoms with van der Waals surface area (Å²) in [5.74, 6) is -0.879. The third-order valence-corrected chi connectivity index (χ3v) is 4.17. The van der Waals surface area contributed by atoms with Gasteiger partial charge in [0.05, 0.1) is 12.4 Å².